The lowest BCUT2D eigenvalue weighted by Crippen LogP contribution is -2.43. The lowest BCUT2D eigenvalue weighted by molar-refractivity contribution is -0.149. The van der Waals surface area contributed by atoms with E-state index in [-0.39, 0.29) is 18.4 Å². The molecule has 0 heterocycles. The number of anilines is 1. The second kappa shape index (κ2) is 13.1. The summed E-state index contributed by atoms with van der Waals surface area (Å²) in [6, 6.07) is 19.7. The van der Waals surface area contributed by atoms with Crippen LogP contribution in [0.2, 0.25) is 10.0 Å². The Morgan fingerprint density at radius 1 is 0.750 bits per heavy atom. The topological polar surface area (TPSA) is 123 Å². The van der Waals surface area contributed by atoms with Crippen molar-refractivity contribution in [1.29, 1.82) is 0 Å². The Labute approximate surface area is 216 Å². The predicted molar refractivity (Wildman–Crippen MR) is 134 cm³/mol. The lowest BCUT2D eigenvalue weighted by Gasteiger charge is -2.09. The highest BCUT2D eigenvalue weighted by molar-refractivity contribution is 6.32. The number of nitrogens with one attached hydrogen (secondary N) is 3. The van der Waals surface area contributed by atoms with Crippen molar-refractivity contribution in [3.63, 3.8) is 0 Å². The van der Waals surface area contributed by atoms with Gasteiger partial charge in [-0.25, -0.2) is 0 Å². The number of esters is 1. The first-order chi connectivity index (χ1) is 17.3. The van der Waals surface area contributed by atoms with Crippen molar-refractivity contribution in [2.75, 3.05) is 11.9 Å². The van der Waals surface area contributed by atoms with Crippen LogP contribution in [0.4, 0.5) is 5.69 Å². The second-order valence-corrected chi connectivity index (χ2v) is 8.12. The summed E-state index contributed by atoms with van der Waals surface area (Å²) < 4.78 is 10.5. The summed E-state index contributed by atoms with van der Waals surface area (Å²) in [6.07, 6.45) is -0.379. The third-order valence-electron chi connectivity index (χ3n) is 4.54. The Morgan fingerprint density at radius 2 is 1.44 bits per heavy atom. The van der Waals surface area contributed by atoms with Crippen LogP contribution < -0.4 is 20.9 Å². The summed E-state index contributed by atoms with van der Waals surface area (Å²) in [5.41, 5.74) is 5.11. The molecular formula is C25H21Cl2N3O6. The van der Waals surface area contributed by atoms with E-state index in [4.69, 9.17) is 32.7 Å². The maximum absolute atomic E-state index is 12.1. The minimum atomic E-state index is -0.743. The fraction of sp³-hybridized carbons (Fsp3) is 0.120. The van der Waals surface area contributed by atoms with Crippen molar-refractivity contribution < 1.29 is 28.7 Å². The predicted octanol–water partition coefficient (Wildman–Crippen LogP) is 4.51. The van der Waals surface area contributed by atoms with Crippen molar-refractivity contribution in [1.82, 2.24) is 10.9 Å². The number of benzene rings is 3. The van der Waals surface area contributed by atoms with Crippen LogP contribution in [0.1, 0.15) is 23.2 Å². The normalized spacial score (nSPS) is 10.2. The molecule has 3 amide bonds. The molecule has 0 saturated carbocycles. The van der Waals surface area contributed by atoms with Crippen LogP contribution in [0.3, 0.4) is 0 Å². The molecule has 0 unspecified atom stereocenters. The molecule has 3 aromatic rings. The van der Waals surface area contributed by atoms with Gasteiger partial charge in [-0.3, -0.25) is 30.0 Å². The van der Waals surface area contributed by atoms with E-state index in [0.717, 1.165) is 0 Å². The minimum absolute atomic E-state index is 0.147. The van der Waals surface area contributed by atoms with Crippen molar-refractivity contribution >= 4 is 52.6 Å². The fourth-order valence-electron chi connectivity index (χ4n) is 2.75. The van der Waals surface area contributed by atoms with Gasteiger partial charge in [-0.1, -0.05) is 35.3 Å². The number of para-hydroxylation sites is 1. The van der Waals surface area contributed by atoms with E-state index in [2.05, 4.69) is 16.2 Å². The average molecular weight is 530 g/mol. The van der Waals surface area contributed by atoms with Crippen LogP contribution in [0.25, 0.3) is 0 Å². The molecule has 0 aromatic heterocycles. The summed E-state index contributed by atoms with van der Waals surface area (Å²) in [5, 5.41) is 3.59. The van der Waals surface area contributed by atoms with E-state index in [9.17, 15) is 19.2 Å². The maximum atomic E-state index is 12.1. The summed E-state index contributed by atoms with van der Waals surface area (Å²) >= 11 is 11.8. The number of carbonyl (C=O) groups excluding carboxylic acids is 4. The standard InChI is InChI=1S/C25H21Cl2N3O6/c26-17-7-5-16(6-8-17)25(34)30-29-23(32)15-35-24(33)14-13-22(31)28-18-9-11-19(12-10-18)36-21-4-2-1-3-20(21)27/h1-12H,13-15H2,(H,28,31)(H,29,32)(H,30,34). The maximum Gasteiger partial charge on any atom is 0.306 e. The Balaban J connectivity index is 1.33. The molecule has 0 atom stereocenters. The van der Waals surface area contributed by atoms with Gasteiger partial charge in [0, 0.05) is 22.7 Å². The largest absolute Gasteiger partial charge is 0.456 e. The van der Waals surface area contributed by atoms with Gasteiger partial charge >= 0.3 is 5.97 Å². The molecular weight excluding hydrogens is 509 g/mol. The van der Waals surface area contributed by atoms with Gasteiger partial charge in [0.1, 0.15) is 11.5 Å². The SMILES string of the molecule is O=C(COC(=O)CCC(=O)Nc1ccc(Oc2ccccc2Cl)cc1)NNC(=O)c1ccc(Cl)cc1. The number of rotatable bonds is 9. The zero-order valence-corrected chi connectivity index (χ0v) is 20.3. The van der Waals surface area contributed by atoms with E-state index in [1.54, 1.807) is 48.5 Å². The smallest absolute Gasteiger partial charge is 0.306 e. The zero-order valence-electron chi connectivity index (χ0n) is 18.8. The molecule has 0 aliphatic rings. The van der Waals surface area contributed by atoms with Crippen molar-refractivity contribution in [3.8, 4) is 11.5 Å². The molecule has 0 saturated heterocycles. The molecule has 11 heteroatoms. The van der Waals surface area contributed by atoms with E-state index < -0.39 is 30.3 Å². The van der Waals surface area contributed by atoms with Crippen LogP contribution in [0.5, 0.6) is 11.5 Å². The highest BCUT2D eigenvalue weighted by atomic mass is 35.5. The molecule has 9 nitrogen and oxygen atoms in total. The van der Waals surface area contributed by atoms with Crippen LogP contribution in [-0.2, 0) is 19.1 Å². The fourth-order valence-corrected chi connectivity index (χ4v) is 3.05. The van der Waals surface area contributed by atoms with Gasteiger partial charge in [0.15, 0.2) is 6.61 Å². The number of ether oxygens (including phenoxy) is 2. The average Bonchev–Trinajstić information content (AvgIpc) is 2.87. The molecule has 36 heavy (non-hydrogen) atoms. The van der Waals surface area contributed by atoms with Gasteiger partial charge in [0.25, 0.3) is 11.8 Å². The Kier molecular flexibility index (Phi) is 9.67. The van der Waals surface area contributed by atoms with Crippen molar-refractivity contribution in [2.45, 2.75) is 12.8 Å². The van der Waals surface area contributed by atoms with Gasteiger partial charge in [-0.15, -0.1) is 0 Å². The van der Waals surface area contributed by atoms with Crippen molar-refractivity contribution in [2.24, 2.45) is 0 Å². The molecule has 0 aliphatic carbocycles. The number of hydrogen-bond donors (Lipinski definition) is 3. The van der Waals surface area contributed by atoms with Crippen LogP contribution in [0.15, 0.2) is 72.8 Å². The molecule has 0 spiro atoms. The van der Waals surface area contributed by atoms with E-state index in [1.165, 1.54) is 24.3 Å². The Hall–Kier alpha value is -4.08. The molecule has 0 radical (unpaired) electrons. The molecule has 0 aliphatic heterocycles. The number of hydrazine groups is 1. The highest BCUT2D eigenvalue weighted by Gasteiger charge is 2.12. The molecule has 3 aromatic carbocycles. The first-order valence-electron chi connectivity index (χ1n) is 10.6. The van der Waals surface area contributed by atoms with Crippen LogP contribution >= 0.6 is 23.2 Å². The van der Waals surface area contributed by atoms with Gasteiger partial charge in [-0.05, 0) is 60.7 Å². The second-order valence-electron chi connectivity index (χ2n) is 7.27. The molecule has 186 valence electrons. The molecule has 0 bridgehead atoms. The first-order valence-corrected chi connectivity index (χ1v) is 11.4. The van der Waals surface area contributed by atoms with E-state index >= 15 is 0 Å². The number of halogens is 2. The summed E-state index contributed by atoms with van der Waals surface area (Å²) in [4.78, 5) is 47.6. The highest BCUT2D eigenvalue weighted by Crippen LogP contribution is 2.29. The van der Waals surface area contributed by atoms with Gasteiger partial charge in [0.05, 0.1) is 11.4 Å². The third kappa shape index (κ3) is 8.61. The lowest BCUT2D eigenvalue weighted by atomic mass is 10.2. The summed E-state index contributed by atoms with van der Waals surface area (Å²) in [7, 11) is 0. The summed E-state index contributed by atoms with van der Waals surface area (Å²) in [6.45, 7) is -0.617. The van der Waals surface area contributed by atoms with Crippen LogP contribution in [-0.4, -0.2) is 30.3 Å². The first kappa shape index (κ1) is 26.5. The third-order valence-corrected chi connectivity index (χ3v) is 5.11. The molecule has 3 N–H and O–H groups in total. The van der Waals surface area contributed by atoms with Gasteiger partial charge in [-0.2, -0.15) is 0 Å². The van der Waals surface area contributed by atoms with Crippen molar-refractivity contribution in [3.05, 3.63) is 88.4 Å². The van der Waals surface area contributed by atoms with E-state index in [0.29, 0.717) is 27.2 Å². The molecule has 0 fully saturated rings. The van der Waals surface area contributed by atoms with Gasteiger partial charge < -0.3 is 14.8 Å². The Bertz CT molecular complexity index is 1230. The van der Waals surface area contributed by atoms with E-state index in [1.807, 2.05) is 0 Å². The molecule has 3 rings (SSSR count). The monoisotopic (exact) mass is 529 g/mol. The minimum Gasteiger partial charge on any atom is -0.456 e. The number of carbonyl (C=O) groups is 4. The zero-order chi connectivity index (χ0) is 25.9. The Morgan fingerprint density at radius 3 is 2.14 bits per heavy atom. The quantitative estimate of drug-likeness (QED) is 0.277. The van der Waals surface area contributed by atoms with Gasteiger partial charge in [0.2, 0.25) is 5.91 Å². The summed E-state index contributed by atoms with van der Waals surface area (Å²) in [5.74, 6) is -1.42. The number of hydrogen-bond acceptors (Lipinski definition) is 6. The number of amides is 3. The van der Waals surface area contributed by atoms with Crippen LogP contribution in [0, 0.1) is 0 Å².